The van der Waals surface area contributed by atoms with Crippen molar-refractivity contribution in [2.45, 2.75) is 55.2 Å². The molecule has 2 nitrogen and oxygen atoms in total. The Balaban J connectivity index is 2.04. The van der Waals surface area contributed by atoms with Gasteiger partial charge in [-0.05, 0) is 44.4 Å². The van der Waals surface area contributed by atoms with Crippen molar-refractivity contribution in [2.75, 3.05) is 6.54 Å². The molecule has 1 saturated carbocycles. The summed E-state index contributed by atoms with van der Waals surface area (Å²) in [6.07, 6.45) is 4.79. The van der Waals surface area contributed by atoms with E-state index in [4.69, 9.17) is 0 Å². The normalized spacial score (nSPS) is 24.6. The van der Waals surface area contributed by atoms with Gasteiger partial charge in [-0.1, -0.05) is 13.3 Å². The summed E-state index contributed by atoms with van der Waals surface area (Å²) in [5.74, 6) is -1.33. The van der Waals surface area contributed by atoms with Crippen LogP contribution in [0, 0.1) is 11.6 Å². The average Bonchev–Trinajstić information content (AvgIpc) is 2.45. The maximum absolute atomic E-state index is 13.7. The molecule has 20 heavy (non-hydrogen) atoms. The lowest BCUT2D eigenvalue weighted by atomic mass is 9.95. The number of benzene rings is 1. The molecule has 0 bridgehead atoms. The van der Waals surface area contributed by atoms with Gasteiger partial charge in [0.2, 0.25) is 0 Å². The highest BCUT2D eigenvalue weighted by Gasteiger charge is 2.28. The third kappa shape index (κ3) is 3.85. The molecule has 5 heteroatoms. The Hall–Kier alpha value is -0.810. The lowest BCUT2D eigenvalue weighted by Crippen LogP contribution is -2.38. The third-order valence-electron chi connectivity index (χ3n) is 3.72. The summed E-state index contributed by atoms with van der Waals surface area (Å²) >= 11 is 0. The lowest BCUT2D eigenvalue weighted by molar-refractivity contribution is 0.377. The number of nitrogens with one attached hydrogen (secondary N) is 1. The van der Waals surface area contributed by atoms with Crippen molar-refractivity contribution in [3.8, 4) is 0 Å². The molecule has 0 saturated heterocycles. The zero-order valence-corrected chi connectivity index (χ0v) is 12.5. The highest BCUT2D eigenvalue weighted by atomic mass is 32.2. The maximum Gasteiger partial charge on any atom is 0.142 e. The van der Waals surface area contributed by atoms with Crippen molar-refractivity contribution >= 4 is 10.8 Å². The van der Waals surface area contributed by atoms with Gasteiger partial charge in [0.05, 0.1) is 15.7 Å². The molecular formula is C15H21F2NOS. The SMILES string of the molecule is CCCNC1CCCC(S(=O)c2ccc(F)cc2F)C1. The monoisotopic (exact) mass is 301 g/mol. The Morgan fingerprint density at radius 3 is 2.85 bits per heavy atom. The first-order chi connectivity index (χ1) is 9.61. The zero-order chi connectivity index (χ0) is 14.5. The summed E-state index contributed by atoms with van der Waals surface area (Å²) in [6.45, 7) is 3.06. The van der Waals surface area contributed by atoms with Crippen molar-refractivity contribution in [1.82, 2.24) is 5.32 Å². The van der Waals surface area contributed by atoms with E-state index in [0.29, 0.717) is 6.04 Å². The van der Waals surface area contributed by atoms with Crippen LogP contribution in [0.1, 0.15) is 39.0 Å². The Bertz CT molecular complexity index is 481. The van der Waals surface area contributed by atoms with E-state index in [1.54, 1.807) is 0 Å². The van der Waals surface area contributed by atoms with Gasteiger partial charge in [-0.25, -0.2) is 8.78 Å². The van der Waals surface area contributed by atoms with Crippen molar-refractivity contribution in [3.63, 3.8) is 0 Å². The summed E-state index contributed by atoms with van der Waals surface area (Å²) in [6, 6.07) is 3.65. The molecule has 1 N–H and O–H groups in total. The lowest BCUT2D eigenvalue weighted by Gasteiger charge is -2.29. The van der Waals surface area contributed by atoms with Gasteiger partial charge in [-0.2, -0.15) is 0 Å². The van der Waals surface area contributed by atoms with Crippen molar-refractivity contribution in [1.29, 1.82) is 0 Å². The van der Waals surface area contributed by atoms with E-state index in [1.165, 1.54) is 12.1 Å². The van der Waals surface area contributed by atoms with Gasteiger partial charge in [0, 0.05) is 17.4 Å². The standard InChI is InChI=1S/C15H21F2NOS/c1-2-8-18-12-4-3-5-13(10-12)20(19)15-7-6-11(16)9-14(15)17/h6-7,9,12-13,18H,2-5,8,10H2,1H3. The Labute approximate surface area is 121 Å². The van der Waals surface area contributed by atoms with Crippen LogP contribution in [0.5, 0.6) is 0 Å². The van der Waals surface area contributed by atoms with Gasteiger partial charge in [-0.3, -0.25) is 4.21 Å². The first-order valence-corrected chi connectivity index (χ1v) is 8.42. The summed E-state index contributed by atoms with van der Waals surface area (Å²) in [5, 5.41) is 3.40. The highest BCUT2D eigenvalue weighted by molar-refractivity contribution is 7.85. The maximum atomic E-state index is 13.7. The third-order valence-corrected chi connectivity index (χ3v) is 5.52. The number of halogens is 2. The molecular weight excluding hydrogens is 280 g/mol. The van der Waals surface area contributed by atoms with Crippen LogP contribution in [0.15, 0.2) is 23.1 Å². The van der Waals surface area contributed by atoms with Crippen LogP contribution < -0.4 is 5.32 Å². The smallest absolute Gasteiger partial charge is 0.142 e. The fourth-order valence-corrected chi connectivity index (χ4v) is 4.29. The first kappa shape index (κ1) is 15.6. The van der Waals surface area contributed by atoms with Crippen LogP contribution in [0.4, 0.5) is 8.78 Å². The van der Waals surface area contributed by atoms with E-state index < -0.39 is 22.4 Å². The number of hydrogen-bond donors (Lipinski definition) is 1. The minimum absolute atomic E-state index is 0.0435. The highest BCUT2D eigenvalue weighted by Crippen LogP contribution is 2.27. The summed E-state index contributed by atoms with van der Waals surface area (Å²) in [7, 11) is -1.40. The molecule has 1 aliphatic carbocycles. The zero-order valence-electron chi connectivity index (χ0n) is 11.7. The predicted molar refractivity (Wildman–Crippen MR) is 77.1 cm³/mol. The van der Waals surface area contributed by atoms with Crippen LogP contribution >= 0.6 is 0 Å². The van der Waals surface area contributed by atoms with Crippen molar-refractivity contribution in [2.24, 2.45) is 0 Å². The molecule has 0 aromatic heterocycles. The van der Waals surface area contributed by atoms with E-state index in [9.17, 15) is 13.0 Å². The van der Waals surface area contributed by atoms with E-state index in [0.717, 1.165) is 44.7 Å². The Morgan fingerprint density at radius 1 is 1.35 bits per heavy atom. The van der Waals surface area contributed by atoms with Gasteiger partial charge in [0.15, 0.2) is 0 Å². The molecule has 0 amide bonds. The Morgan fingerprint density at radius 2 is 2.15 bits per heavy atom. The van der Waals surface area contributed by atoms with Crippen LogP contribution in [0.2, 0.25) is 0 Å². The molecule has 112 valence electrons. The van der Waals surface area contributed by atoms with Gasteiger partial charge < -0.3 is 5.32 Å². The largest absolute Gasteiger partial charge is 0.314 e. The quantitative estimate of drug-likeness (QED) is 0.903. The van der Waals surface area contributed by atoms with Gasteiger partial charge in [0.25, 0.3) is 0 Å². The molecule has 0 heterocycles. The molecule has 0 radical (unpaired) electrons. The molecule has 0 spiro atoms. The molecule has 1 aromatic carbocycles. The molecule has 3 unspecified atom stereocenters. The minimum atomic E-state index is -1.40. The summed E-state index contributed by atoms with van der Waals surface area (Å²) in [4.78, 5) is 0.132. The second-order valence-electron chi connectivity index (χ2n) is 5.31. The van der Waals surface area contributed by atoms with Gasteiger partial charge in [-0.15, -0.1) is 0 Å². The van der Waals surface area contributed by atoms with E-state index in [2.05, 4.69) is 12.2 Å². The average molecular weight is 301 g/mol. The van der Waals surface area contributed by atoms with E-state index in [-0.39, 0.29) is 10.1 Å². The van der Waals surface area contributed by atoms with Gasteiger partial charge >= 0.3 is 0 Å². The topological polar surface area (TPSA) is 29.1 Å². The molecule has 2 rings (SSSR count). The number of rotatable bonds is 5. The second-order valence-corrected chi connectivity index (χ2v) is 7.01. The fraction of sp³-hybridized carbons (Fsp3) is 0.600. The van der Waals surface area contributed by atoms with Crippen LogP contribution in [0.25, 0.3) is 0 Å². The predicted octanol–water partition coefficient (Wildman–Crippen LogP) is 3.38. The van der Waals surface area contributed by atoms with Crippen molar-refractivity contribution in [3.05, 3.63) is 29.8 Å². The molecule has 1 aromatic rings. The first-order valence-electron chi connectivity index (χ1n) is 7.20. The summed E-state index contributed by atoms with van der Waals surface area (Å²) < 4.78 is 39.1. The molecule has 1 aliphatic rings. The van der Waals surface area contributed by atoms with Crippen LogP contribution in [-0.4, -0.2) is 22.0 Å². The van der Waals surface area contributed by atoms with Crippen molar-refractivity contribution < 1.29 is 13.0 Å². The van der Waals surface area contributed by atoms with Crippen LogP contribution in [0.3, 0.4) is 0 Å². The van der Waals surface area contributed by atoms with Crippen LogP contribution in [-0.2, 0) is 10.8 Å². The Kier molecular flexibility index (Phi) is 5.66. The van der Waals surface area contributed by atoms with E-state index >= 15 is 0 Å². The molecule has 0 aliphatic heterocycles. The van der Waals surface area contributed by atoms with E-state index in [1.807, 2.05) is 0 Å². The fourth-order valence-electron chi connectivity index (χ4n) is 2.69. The number of hydrogen-bond acceptors (Lipinski definition) is 2. The van der Waals surface area contributed by atoms with Gasteiger partial charge in [0.1, 0.15) is 11.6 Å². The molecule has 1 fully saturated rings. The summed E-state index contributed by atoms with van der Waals surface area (Å²) in [5.41, 5.74) is 0. The minimum Gasteiger partial charge on any atom is -0.314 e. The molecule has 3 atom stereocenters. The second kappa shape index (κ2) is 7.27.